The first-order valence-electron chi connectivity index (χ1n) is 9.62. The topological polar surface area (TPSA) is 77.3 Å². The number of carbonyl (C=O) groups is 2. The summed E-state index contributed by atoms with van der Waals surface area (Å²) in [7, 11) is 0. The minimum Gasteiger partial charge on any atom is -0.456 e. The average molecular weight is 408 g/mol. The second-order valence-electron chi connectivity index (χ2n) is 7.18. The molecule has 0 saturated heterocycles. The van der Waals surface area contributed by atoms with Crippen molar-refractivity contribution in [3.63, 3.8) is 0 Å². The van der Waals surface area contributed by atoms with Crippen LogP contribution >= 0.6 is 0 Å². The van der Waals surface area contributed by atoms with Gasteiger partial charge in [0.2, 0.25) is 0 Å². The third-order valence-corrected chi connectivity index (χ3v) is 5.03. The largest absolute Gasteiger partial charge is 0.456 e. The number of ether oxygens (including phenoxy) is 1. The minimum atomic E-state index is -0.489. The Labute approximate surface area is 173 Å². The van der Waals surface area contributed by atoms with Crippen LogP contribution in [0.15, 0.2) is 42.6 Å². The lowest BCUT2D eigenvalue weighted by atomic mass is 9.98. The molecule has 154 valence electrons. The molecular weight excluding hydrogens is 387 g/mol. The highest BCUT2D eigenvalue weighted by atomic mass is 19.1. The number of esters is 1. The summed E-state index contributed by atoms with van der Waals surface area (Å²) in [5.41, 5.74) is 5.07. The number of pyridine rings is 1. The van der Waals surface area contributed by atoms with Crippen LogP contribution in [0, 0.1) is 12.7 Å². The van der Waals surface area contributed by atoms with E-state index < -0.39 is 5.97 Å². The number of halogens is 1. The summed E-state index contributed by atoms with van der Waals surface area (Å²) in [6.07, 6.45) is 1.73. The second kappa shape index (κ2) is 8.06. The zero-order chi connectivity index (χ0) is 21.3. The van der Waals surface area contributed by atoms with Gasteiger partial charge in [0.25, 0.3) is 5.91 Å². The maximum Gasteiger partial charge on any atom is 0.303 e. The van der Waals surface area contributed by atoms with Crippen molar-refractivity contribution >= 4 is 11.9 Å². The predicted octanol–water partition coefficient (Wildman–Crippen LogP) is 2.96. The molecule has 1 aliphatic rings. The monoisotopic (exact) mass is 408 g/mol. The van der Waals surface area contributed by atoms with Gasteiger partial charge in [0.1, 0.15) is 11.5 Å². The standard InChI is InChI=1S/C22H21FN4O3/c1-14-11-17(7-8-24-14)21-19-12-26(20(29)13-30-15(2)28)9-10-27(19)25-22(21)16-3-5-18(23)6-4-16/h3-8,11H,9-10,12-13H2,1-2H3. The Morgan fingerprint density at radius 3 is 2.60 bits per heavy atom. The Hall–Kier alpha value is -3.55. The Bertz CT molecular complexity index is 1110. The number of amides is 1. The van der Waals surface area contributed by atoms with E-state index in [4.69, 9.17) is 9.84 Å². The maximum absolute atomic E-state index is 13.5. The van der Waals surface area contributed by atoms with Gasteiger partial charge in [0.05, 0.1) is 18.8 Å². The highest BCUT2D eigenvalue weighted by molar-refractivity contribution is 5.84. The van der Waals surface area contributed by atoms with Gasteiger partial charge in [-0.2, -0.15) is 5.10 Å². The summed E-state index contributed by atoms with van der Waals surface area (Å²) >= 11 is 0. The lowest BCUT2D eigenvalue weighted by Crippen LogP contribution is -2.40. The molecule has 1 aliphatic heterocycles. The smallest absolute Gasteiger partial charge is 0.303 e. The van der Waals surface area contributed by atoms with Gasteiger partial charge in [-0.05, 0) is 48.9 Å². The molecule has 7 nitrogen and oxygen atoms in total. The van der Waals surface area contributed by atoms with Gasteiger partial charge in [-0.1, -0.05) is 0 Å². The number of hydrogen-bond donors (Lipinski definition) is 0. The number of hydrogen-bond acceptors (Lipinski definition) is 5. The van der Waals surface area contributed by atoms with Crippen LogP contribution in [0.4, 0.5) is 4.39 Å². The number of aromatic nitrogens is 3. The molecular formula is C22H21FN4O3. The van der Waals surface area contributed by atoms with Crippen LogP contribution < -0.4 is 0 Å². The first kappa shape index (κ1) is 19.8. The highest BCUT2D eigenvalue weighted by Gasteiger charge is 2.28. The van der Waals surface area contributed by atoms with Gasteiger partial charge in [0, 0.05) is 36.5 Å². The van der Waals surface area contributed by atoms with Gasteiger partial charge in [-0.25, -0.2) is 4.39 Å². The molecule has 0 bridgehead atoms. The van der Waals surface area contributed by atoms with E-state index in [1.807, 2.05) is 23.7 Å². The van der Waals surface area contributed by atoms with Gasteiger partial charge >= 0.3 is 5.97 Å². The fraction of sp³-hybridized carbons (Fsp3) is 0.273. The zero-order valence-corrected chi connectivity index (χ0v) is 16.8. The van der Waals surface area contributed by atoms with Crippen molar-refractivity contribution in [2.75, 3.05) is 13.2 Å². The van der Waals surface area contributed by atoms with Crippen LogP contribution in [0.2, 0.25) is 0 Å². The molecule has 30 heavy (non-hydrogen) atoms. The molecule has 0 saturated carbocycles. The van der Waals surface area contributed by atoms with Gasteiger partial charge < -0.3 is 9.64 Å². The molecule has 2 aromatic heterocycles. The Morgan fingerprint density at radius 1 is 1.13 bits per heavy atom. The van der Waals surface area contributed by atoms with E-state index in [9.17, 15) is 14.0 Å². The van der Waals surface area contributed by atoms with Gasteiger partial charge in [-0.3, -0.25) is 19.3 Å². The summed E-state index contributed by atoms with van der Waals surface area (Å²) in [6, 6.07) is 10.1. The molecule has 0 unspecified atom stereocenters. The van der Waals surface area contributed by atoms with E-state index in [0.717, 1.165) is 33.8 Å². The summed E-state index contributed by atoms with van der Waals surface area (Å²) in [4.78, 5) is 29.5. The first-order valence-corrected chi connectivity index (χ1v) is 9.62. The Balaban J connectivity index is 1.77. The van der Waals surface area contributed by atoms with Gasteiger partial charge in [-0.15, -0.1) is 0 Å². The molecule has 1 aromatic carbocycles. The lowest BCUT2D eigenvalue weighted by Gasteiger charge is -2.28. The van der Waals surface area contributed by atoms with E-state index in [0.29, 0.717) is 19.6 Å². The van der Waals surface area contributed by atoms with Crippen molar-refractivity contribution in [2.45, 2.75) is 26.9 Å². The van der Waals surface area contributed by atoms with E-state index in [1.54, 1.807) is 23.2 Å². The van der Waals surface area contributed by atoms with Crippen molar-refractivity contribution in [1.29, 1.82) is 0 Å². The number of carbonyl (C=O) groups excluding carboxylic acids is 2. The zero-order valence-electron chi connectivity index (χ0n) is 16.8. The van der Waals surface area contributed by atoms with E-state index in [2.05, 4.69) is 4.98 Å². The molecule has 0 spiro atoms. The molecule has 0 fully saturated rings. The number of nitrogens with zero attached hydrogens (tertiary/aromatic N) is 4. The molecule has 0 N–H and O–H groups in total. The molecule has 4 rings (SSSR count). The molecule has 0 aliphatic carbocycles. The summed E-state index contributed by atoms with van der Waals surface area (Å²) in [5.74, 6) is -1.05. The number of aryl methyl sites for hydroxylation is 1. The molecule has 3 heterocycles. The van der Waals surface area contributed by atoms with Crippen LogP contribution in [-0.4, -0.2) is 44.7 Å². The summed E-state index contributed by atoms with van der Waals surface area (Å²) in [5, 5.41) is 4.78. The van der Waals surface area contributed by atoms with Crippen LogP contribution in [0.25, 0.3) is 22.4 Å². The van der Waals surface area contributed by atoms with Crippen LogP contribution in [0.3, 0.4) is 0 Å². The predicted molar refractivity (Wildman–Crippen MR) is 108 cm³/mol. The maximum atomic E-state index is 13.5. The lowest BCUT2D eigenvalue weighted by molar-refractivity contribution is -0.150. The molecule has 3 aromatic rings. The van der Waals surface area contributed by atoms with E-state index >= 15 is 0 Å². The van der Waals surface area contributed by atoms with Crippen LogP contribution in [0.5, 0.6) is 0 Å². The quantitative estimate of drug-likeness (QED) is 0.621. The van der Waals surface area contributed by atoms with E-state index in [-0.39, 0.29) is 18.3 Å². The van der Waals surface area contributed by atoms with E-state index in [1.165, 1.54) is 19.1 Å². The minimum absolute atomic E-state index is 0.252. The second-order valence-corrected chi connectivity index (χ2v) is 7.18. The van der Waals surface area contributed by atoms with Crippen molar-refractivity contribution in [2.24, 2.45) is 0 Å². The first-order chi connectivity index (χ1) is 14.4. The molecule has 1 amide bonds. The van der Waals surface area contributed by atoms with Gasteiger partial charge in [0.15, 0.2) is 6.61 Å². The molecule has 8 heteroatoms. The fourth-order valence-corrected chi connectivity index (χ4v) is 3.60. The normalized spacial score (nSPS) is 13.1. The number of fused-ring (bicyclic) bond motifs is 1. The van der Waals surface area contributed by atoms with Crippen molar-refractivity contribution in [1.82, 2.24) is 19.7 Å². The Morgan fingerprint density at radius 2 is 1.90 bits per heavy atom. The molecule has 0 radical (unpaired) electrons. The van der Waals surface area contributed by atoms with Crippen molar-refractivity contribution < 1.29 is 18.7 Å². The third-order valence-electron chi connectivity index (χ3n) is 5.03. The SMILES string of the molecule is CC(=O)OCC(=O)N1CCn2nc(-c3ccc(F)cc3)c(-c3ccnc(C)c3)c2C1. The van der Waals surface area contributed by atoms with Crippen LogP contribution in [0.1, 0.15) is 18.3 Å². The average Bonchev–Trinajstić information content (AvgIpc) is 3.11. The molecule has 0 atom stereocenters. The number of rotatable bonds is 4. The summed E-state index contributed by atoms with van der Waals surface area (Å²) < 4.78 is 20.2. The third kappa shape index (κ3) is 3.94. The van der Waals surface area contributed by atoms with Crippen LogP contribution in [-0.2, 0) is 27.4 Å². The summed E-state index contributed by atoms with van der Waals surface area (Å²) in [6.45, 7) is 4.22. The highest BCUT2D eigenvalue weighted by Crippen LogP contribution is 2.36. The number of benzene rings is 1. The fourth-order valence-electron chi connectivity index (χ4n) is 3.60. The van der Waals surface area contributed by atoms with Crippen molar-refractivity contribution in [3.8, 4) is 22.4 Å². The Kier molecular flexibility index (Phi) is 5.31. The van der Waals surface area contributed by atoms with Crippen molar-refractivity contribution in [3.05, 3.63) is 59.8 Å².